The van der Waals surface area contributed by atoms with Crippen LogP contribution in [0.2, 0.25) is 0 Å². The first-order chi connectivity index (χ1) is 29.0. The minimum absolute atomic E-state index is 0. The van der Waals surface area contributed by atoms with Crippen molar-refractivity contribution in [2.75, 3.05) is 0 Å². The van der Waals surface area contributed by atoms with Crippen LogP contribution >= 0.6 is 15.8 Å². The molecule has 7 aromatic carbocycles. The number of hydrogen-bond donors (Lipinski definition) is 0. The minimum atomic E-state index is -0.983. The average molecular weight is 1190 g/mol. The second-order valence-corrected chi connectivity index (χ2v) is 22.8. The number of allylic oxidation sites excluding steroid dienone is 4. The summed E-state index contributed by atoms with van der Waals surface area (Å²) in [7, 11) is -1.87. The van der Waals surface area contributed by atoms with Crippen molar-refractivity contribution in [3.63, 3.8) is 0 Å². The van der Waals surface area contributed by atoms with Crippen LogP contribution in [0.15, 0.2) is 200 Å². The Morgan fingerprint density at radius 3 is 1.31 bits per heavy atom. The third-order valence-corrected chi connectivity index (χ3v) is 19.9. The summed E-state index contributed by atoms with van der Waals surface area (Å²) in [6, 6.07) is 62.9. The summed E-state index contributed by atoms with van der Waals surface area (Å²) in [5, 5.41) is 4.59. The molecule has 0 heterocycles. The molecule has 0 saturated carbocycles. The largest absolute Gasteiger partial charge is 1.00 e. The van der Waals surface area contributed by atoms with E-state index in [1.807, 2.05) is 24.3 Å². The zero-order chi connectivity index (χ0) is 40.6. The average Bonchev–Trinajstić information content (AvgIpc) is 3.87. The quantitative estimate of drug-likeness (QED) is 0.0674. The molecule has 0 bridgehead atoms. The molecule has 0 aliphatic heterocycles. The van der Waals surface area contributed by atoms with E-state index >= 15 is 0 Å². The van der Waals surface area contributed by atoms with Crippen LogP contribution < -0.4 is 15.9 Å². The van der Waals surface area contributed by atoms with E-state index in [1.165, 1.54) is 55.1 Å². The monoisotopic (exact) mass is 1190 g/mol. The Kier molecular flexibility index (Phi) is 16.2. The maximum Gasteiger partial charge on any atom is 1.00 e. The second-order valence-electron chi connectivity index (χ2n) is 15.7. The van der Waals surface area contributed by atoms with Gasteiger partial charge in [-0.25, -0.2) is 0 Å². The number of fused-ring (bicyclic) bond motifs is 6. The molecule has 306 valence electrons. The molecule has 0 fully saturated rings. The van der Waals surface area contributed by atoms with Crippen molar-refractivity contribution in [3.8, 4) is 34.1 Å². The van der Waals surface area contributed by atoms with Crippen LogP contribution in [-0.2, 0) is 57.6 Å². The van der Waals surface area contributed by atoms with Gasteiger partial charge in [-0.3, -0.25) is 11.8 Å². The molecule has 3 aliphatic rings. The summed E-state index contributed by atoms with van der Waals surface area (Å²) >= 11 is 0. The second kappa shape index (κ2) is 21.5. The smallest absolute Gasteiger partial charge is 0.366 e. The summed E-state index contributed by atoms with van der Waals surface area (Å²) in [5.74, 6) is 5.02. The van der Waals surface area contributed by atoms with E-state index in [1.54, 1.807) is 5.30 Å². The van der Waals surface area contributed by atoms with Gasteiger partial charge in [0.1, 0.15) is 18.5 Å². The van der Waals surface area contributed by atoms with Gasteiger partial charge in [0.05, 0.1) is 18.9 Å². The third kappa shape index (κ3) is 10.1. The van der Waals surface area contributed by atoms with Crippen molar-refractivity contribution in [2.24, 2.45) is 0 Å². The zero-order valence-electron chi connectivity index (χ0n) is 34.4. The van der Waals surface area contributed by atoms with Crippen LogP contribution in [0.5, 0.6) is 0 Å². The summed E-state index contributed by atoms with van der Waals surface area (Å²) in [6.07, 6.45) is 26.9. The van der Waals surface area contributed by atoms with Crippen molar-refractivity contribution >= 4 is 31.8 Å². The van der Waals surface area contributed by atoms with Crippen molar-refractivity contribution in [1.29, 1.82) is 0 Å². The molecule has 2 atom stereocenters. The molecule has 0 spiro atoms. The van der Waals surface area contributed by atoms with Gasteiger partial charge in [0.15, 0.2) is 4.90 Å². The SMILES string of the molecule is CC(C)([PH+](c1ccccc1)c1ccccc1)[PH+](c1ccccc1)C1C=CC=CC1.[Au+].[Au+].[C-]#Cc1cccc2c1Cc1ccccc1-2.[C-]#Cc1cccc2c1Cc1ccccc1-2. The Hall–Kier alpha value is -4.52. The van der Waals surface area contributed by atoms with Crippen molar-refractivity contribution in [1.82, 2.24) is 0 Å². The standard InChI is InChI=1S/C27H28P2.2C15H9.2Au/c1-27(2,28(23-15-7-3-8-16-23)24-17-9-4-10-18-24)29(25-19-11-5-12-20-25)26-21-13-6-14-22-26;2*1-2-11-7-5-9-14-13-8-4-3-6-12(13)10-15(11)14;;/h3-21,26H,22H2,1-2H3;2*3-9H,10H2;;/q;2*-1;2*+1/p+2. The van der Waals surface area contributed by atoms with Gasteiger partial charge in [-0.15, -0.1) is 34.4 Å². The van der Waals surface area contributed by atoms with Gasteiger partial charge >= 0.3 is 44.8 Å². The Morgan fingerprint density at radius 2 is 0.885 bits per heavy atom. The van der Waals surface area contributed by atoms with E-state index in [0.717, 1.165) is 30.4 Å². The van der Waals surface area contributed by atoms with Gasteiger partial charge in [-0.05, 0) is 88.7 Å². The van der Waals surface area contributed by atoms with Gasteiger partial charge in [-0.2, -0.15) is 0 Å². The maximum atomic E-state index is 7.27. The molecule has 2 unspecified atom stereocenters. The summed E-state index contributed by atoms with van der Waals surface area (Å²) < 4.78 is 0. The van der Waals surface area contributed by atoms with Crippen molar-refractivity contribution < 1.29 is 44.8 Å². The molecule has 4 heteroatoms. The van der Waals surface area contributed by atoms with Crippen LogP contribution in [0.1, 0.15) is 53.6 Å². The predicted octanol–water partition coefficient (Wildman–Crippen LogP) is 12.4. The van der Waals surface area contributed by atoms with Gasteiger partial charge in [0.25, 0.3) is 0 Å². The van der Waals surface area contributed by atoms with E-state index in [2.05, 4.69) is 202 Å². The molecule has 0 N–H and O–H groups in total. The fourth-order valence-electron chi connectivity index (χ4n) is 9.23. The van der Waals surface area contributed by atoms with Crippen LogP contribution in [0.4, 0.5) is 0 Å². The zero-order valence-corrected chi connectivity index (χ0v) is 40.7. The molecule has 3 aliphatic carbocycles. The summed E-state index contributed by atoms with van der Waals surface area (Å²) in [5.41, 5.74) is 12.8. The van der Waals surface area contributed by atoms with Crippen LogP contribution in [0.3, 0.4) is 0 Å². The van der Waals surface area contributed by atoms with Gasteiger partial charge in [-0.1, -0.05) is 146 Å². The first kappa shape index (κ1) is 46.0. The van der Waals surface area contributed by atoms with Crippen LogP contribution in [-0.4, -0.2) is 10.6 Å². The Bertz CT molecular complexity index is 2560. The Morgan fingerprint density at radius 1 is 0.475 bits per heavy atom. The number of hydrogen-bond acceptors (Lipinski definition) is 0. The maximum absolute atomic E-state index is 7.27. The fraction of sp³-hybridized carbons (Fsp3) is 0.123. The fourth-order valence-corrected chi connectivity index (χ4v) is 18.3. The first-order valence-corrected chi connectivity index (χ1v) is 23.6. The molecular weight excluding hydrogens is 1140 g/mol. The number of benzene rings is 7. The molecule has 0 aromatic heterocycles. The van der Waals surface area contributed by atoms with Crippen LogP contribution in [0.25, 0.3) is 22.3 Å². The topological polar surface area (TPSA) is 0 Å². The molecule has 0 radical (unpaired) electrons. The van der Waals surface area contributed by atoms with E-state index in [9.17, 15) is 0 Å². The third-order valence-electron chi connectivity index (χ3n) is 11.8. The first-order valence-electron chi connectivity index (χ1n) is 20.5. The minimum Gasteiger partial charge on any atom is -0.366 e. The summed E-state index contributed by atoms with van der Waals surface area (Å²) in [6.45, 7) is 5.10. The normalized spacial score (nSPS) is 14.0. The van der Waals surface area contributed by atoms with E-state index < -0.39 is 15.8 Å². The molecule has 7 aromatic rings. The van der Waals surface area contributed by atoms with Gasteiger partial charge in [0, 0.05) is 20.3 Å². The molecule has 61 heavy (non-hydrogen) atoms. The molecule has 10 rings (SSSR count). The van der Waals surface area contributed by atoms with Gasteiger partial charge in [0.2, 0.25) is 0 Å². The van der Waals surface area contributed by atoms with Gasteiger partial charge < -0.3 is 12.8 Å². The van der Waals surface area contributed by atoms with E-state index in [0.29, 0.717) is 5.66 Å². The molecular formula is C57H48Au2P2+2. The Labute approximate surface area is 397 Å². The van der Waals surface area contributed by atoms with Crippen molar-refractivity contribution in [3.05, 3.63) is 246 Å². The Balaban J connectivity index is 0.000000164. The molecule has 0 saturated heterocycles. The van der Waals surface area contributed by atoms with E-state index in [-0.39, 0.29) is 49.7 Å². The number of rotatable bonds is 6. The molecule has 0 nitrogen and oxygen atoms in total. The van der Waals surface area contributed by atoms with E-state index in [4.69, 9.17) is 12.8 Å². The predicted molar refractivity (Wildman–Crippen MR) is 257 cm³/mol. The van der Waals surface area contributed by atoms with Crippen LogP contribution in [0, 0.1) is 24.7 Å². The van der Waals surface area contributed by atoms with Crippen molar-refractivity contribution in [2.45, 2.75) is 43.7 Å². The summed E-state index contributed by atoms with van der Waals surface area (Å²) in [4.78, 5) is 0.222. The molecule has 0 amide bonds.